The molecule has 1 aromatic rings. The Kier molecular flexibility index (Phi) is 3.66. The Hall–Kier alpha value is -1.95. The van der Waals surface area contributed by atoms with Crippen LogP contribution in [0.5, 0.6) is 0 Å². The third-order valence-electron chi connectivity index (χ3n) is 2.39. The van der Waals surface area contributed by atoms with Crippen LogP contribution in [0.2, 0.25) is 0 Å². The molecule has 90 valence electrons. The summed E-state index contributed by atoms with van der Waals surface area (Å²) < 4.78 is 5.25. The Balaban J connectivity index is 2.01. The molecule has 6 heteroatoms. The van der Waals surface area contributed by atoms with Gasteiger partial charge in [-0.3, -0.25) is 4.79 Å². The molecule has 0 spiro atoms. The number of hydrogen-bond acceptors (Lipinski definition) is 5. The number of amides is 1. The van der Waals surface area contributed by atoms with Crippen molar-refractivity contribution in [2.75, 3.05) is 36.5 Å². The van der Waals surface area contributed by atoms with E-state index < -0.39 is 0 Å². The van der Waals surface area contributed by atoms with E-state index in [0.29, 0.717) is 24.8 Å². The van der Waals surface area contributed by atoms with Crippen LogP contribution in [0.3, 0.4) is 0 Å². The molecule has 0 saturated carbocycles. The number of carbonyl (C=O) groups is 1. The smallest absolute Gasteiger partial charge is 0.247 e. The molecule has 0 radical (unpaired) electrons. The molecule has 1 N–H and O–H groups in total. The minimum atomic E-state index is -0.271. The third-order valence-corrected chi connectivity index (χ3v) is 2.39. The lowest BCUT2D eigenvalue weighted by molar-refractivity contribution is -0.111. The second-order valence-corrected chi connectivity index (χ2v) is 3.56. The van der Waals surface area contributed by atoms with E-state index in [1.54, 1.807) is 12.4 Å². The van der Waals surface area contributed by atoms with Gasteiger partial charge in [-0.1, -0.05) is 6.58 Å². The van der Waals surface area contributed by atoms with E-state index >= 15 is 0 Å². The lowest BCUT2D eigenvalue weighted by Crippen LogP contribution is -2.37. The number of anilines is 2. The first-order valence-corrected chi connectivity index (χ1v) is 5.38. The molecular weight excluding hydrogens is 220 g/mol. The Morgan fingerprint density at radius 1 is 1.41 bits per heavy atom. The molecule has 1 amide bonds. The summed E-state index contributed by atoms with van der Waals surface area (Å²) in [4.78, 5) is 21.5. The lowest BCUT2D eigenvalue weighted by atomic mass is 10.4. The van der Waals surface area contributed by atoms with E-state index in [4.69, 9.17) is 4.74 Å². The quantitative estimate of drug-likeness (QED) is 0.768. The molecular formula is C11H14N4O2. The highest BCUT2D eigenvalue weighted by atomic mass is 16.5. The molecule has 0 atom stereocenters. The minimum absolute atomic E-state index is 0.271. The summed E-state index contributed by atoms with van der Waals surface area (Å²) in [5, 5.41) is 2.60. The van der Waals surface area contributed by atoms with E-state index in [-0.39, 0.29) is 5.91 Å². The Labute approximate surface area is 99.3 Å². The Bertz CT molecular complexity index is 398. The number of morpholine rings is 1. The van der Waals surface area contributed by atoms with Crippen molar-refractivity contribution in [3.05, 3.63) is 25.0 Å². The maximum Gasteiger partial charge on any atom is 0.247 e. The van der Waals surface area contributed by atoms with Gasteiger partial charge in [-0.15, -0.1) is 0 Å². The molecule has 1 aromatic heterocycles. The van der Waals surface area contributed by atoms with Gasteiger partial charge in [0.25, 0.3) is 0 Å². The van der Waals surface area contributed by atoms with Crippen molar-refractivity contribution >= 4 is 17.5 Å². The average molecular weight is 234 g/mol. The number of ether oxygens (including phenoxy) is 1. The van der Waals surface area contributed by atoms with Crippen molar-refractivity contribution in [2.45, 2.75) is 0 Å². The van der Waals surface area contributed by atoms with E-state index in [9.17, 15) is 4.79 Å². The number of rotatable bonds is 3. The summed E-state index contributed by atoms with van der Waals surface area (Å²) in [6, 6.07) is 0. The van der Waals surface area contributed by atoms with Crippen LogP contribution in [-0.2, 0) is 9.53 Å². The topological polar surface area (TPSA) is 67.4 Å². The van der Waals surface area contributed by atoms with Crippen LogP contribution in [0.4, 0.5) is 11.6 Å². The summed E-state index contributed by atoms with van der Waals surface area (Å²) >= 11 is 0. The zero-order valence-corrected chi connectivity index (χ0v) is 9.43. The monoisotopic (exact) mass is 234 g/mol. The summed E-state index contributed by atoms with van der Waals surface area (Å²) in [7, 11) is 0. The largest absolute Gasteiger partial charge is 0.378 e. The second-order valence-electron chi connectivity index (χ2n) is 3.56. The molecule has 0 aromatic carbocycles. The molecule has 0 aliphatic carbocycles. The average Bonchev–Trinajstić information content (AvgIpc) is 2.40. The maximum absolute atomic E-state index is 11.1. The van der Waals surface area contributed by atoms with Gasteiger partial charge in [0, 0.05) is 13.1 Å². The van der Waals surface area contributed by atoms with Crippen LogP contribution >= 0.6 is 0 Å². The van der Waals surface area contributed by atoms with Gasteiger partial charge in [-0.25, -0.2) is 9.97 Å². The normalized spacial score (nSPS) is 15.4. The van der Waals surface area contributed by atoms with Crippen molar-refractivity contribution < 1.29 is 9.53 Å². The van der Waals surface area contributed by atoms with Crippen molar-refractivity contribution in [3.8, 4) is 0 Å². The Morgan fingerprint density at radius 2 is 2.06 bits per heavy atom. The number of nitrogens with zero attached hydrogens (tertiary/aromatic N) is 3. The van der Waals surface area contributed by atoms with Crippen molar-refractivity contribution in [1.29, 1.82) is 0 Å². The highest BCUT2D eigenvalue weighted by Crippen LogP contribution is 2.11. The maximum atomic E-state index is 11.1. The highest BCUT2D eigenvalue weighted by molar-refractivity contribution is 5.98. The van der Waals surface area contributed by atoms with Crippen LogP contribution in [0.1, 0.15) is 0 Å². The van der Waals surface area contributed by atoms with E-state index in [0.717, 1.165) is 13.1 Å². The predicted molar refractivity (Wildman–Crippen MR) is 63.9 cm³/mol. The molecule has 0 bridgehead atoms. The molecule has 17 heavy (non-hydrogen) atoms. The van der Waals surface area contributed by atoms with Gasteiger partial charge in [0.2, 0.25) is 11.9 Å². The molecule has 1 saturated heterocycles. The zero-order chi connectivity index (χ0) is 12.1. The van der Waals surface area contributed by atoms with E-state index in [1.165, 1.54) is 6.08 Å². The summed E-state index contributed by atoms with van der Waals surface area (Å²) in [6.45, 7) is 6.34. The summed E-state index contributed by atoms with van der Waals surface area (Å²) in [5.41, 5.74) is 0.562. The summed E-state index contributed by atoms with van der Waals surface area (Å²) in [6.07, 6.45) is 4.37. The van der Waals surface area contributed by atoms with Crippen LogP contribution in [0, 0.1) is 0 Å². The van der Waals surface area contributed by atoms with Crippen LogP contribution in [0.15, 0.2) is 25.0 Å². The van der Waals surface area contributed by atoms with E-state index in [2.05, 4.69) is 21.9 Å². The van der Waals surface area contributed by atoms with Crippen molar-refractivity contribution in [2.24, 2.45) is 0 Å². The first-order valence-electron chi connectivity index (χ1n) is 5.38. The molecule has 0 unspecified atom stereocenters. The van der Waals surface area contributed by atoms with E-state index in [1.807, 2.05) is 4.90 Å². The van der Waals surface area contributed by atoms with Gasteiger partial charge >= 0.3 is 0 Å². The fourth-order valence-electron chi connectivity index (χ4n) is 1.51. The lowest BCUT2D eigenvalue weighted by Gasteiger charge is -2.26. The molecule has 2 heterocycles. The fraction of sp³-hybridized carbons (Fsp3) is 0.364. The number of aromatic nitrogens is 2. The standard InChI is InChI=1S/C11H14N4O2/c1-2-10(16)14-9-7-12-11(13-8-9)15-3-5-17-6-4-15/h2,7-8H,1,3-6H2,(H,14,16). The predicted octanol–water partition coefficient (Wildman–Crippen LogP) is 0.438. The zero-order valence-electron chi connectivity index (χ0n) is 9.43. The Morgan fingerprint density at radius 3 is 2.65 bits per heavy atom. The summed E-state index contributed by atoms with van der Waals surface area (Å²) in [5.74, 6) is 0.387. The first kappa shape index (κ1) is 11.5. The van der Waals surface area contributed by atoms with Gasteiger partial charge in [0.15, 0.2) is 0 Å². The van der Waals surface area contributed by atoms with Crippen LogP contribution in [-0.4, -0.2) is 42.2 Å². The highest BCUT2D eigenvalue weighted by Gasteiger charge is 2.13. The van der Waals surface area contributed by atoms with Gasteiger partial charge in [-0.05, 0) is 6.08 Å². The third kappa shape index (κ3) is 3.01. The van der Waals surface area contributed by atoms with Gasteiger partial charge in [0.1, 0.15) is 0 Å². The van der Waals surface area contributed by atoms with Crippen LogP contribution < -0.4 is 10.2 Å². The number of carbonyl (C=O) groups excluding carboxylic acids is 1. The SMILES string of the molecule is C=CC(=O)Nc1cnc(N2CCOCC2)nc1. The van der Waals surface area contributed by atoms with Crippen molar-refractivity contribution in [1.82, 2.24) is 9.97 Å². The van der Waals surface area contributed by atoms with Gasteiger partial charge in [-0.2, -0.15) is 0 Å². The second kappa shape index (κ2) is 5.40. The molecule has 1 aliphatic rings. The molecule has 6 nitrogen and oxygen atoms in total. The fourth-order valence-corrected chi connectivity index (χ4v) is 1.51. The molecule has 1 fully saturated rings. The van der Waals surface area contributed by atoms with Crippen LogP contribution in [0.25, 0.3) is 0 Å². The minimum Gasteiger partial charge on any atom is -0.378 e. The molecule has 1 aliphatic heterocycles. The first-order chi connectivity index (χ1) is 8.29. The van der Waals surface area contributed by atoms with Gasteiger partial charge < -0.3 is 15.0 Å². The van der Waals surface area contributed by atoms with Gasteiger partial charge in [0.05, 0.1) is 31.3 Å². The molecule has 2 rings (SSSR count). The number of hydrogen-bond donors (Lipinski definition) is 1. The van der Waals surface area contributed by atoms with Crippen molar-refractivity contribution in [3.63, 3.8) is 0 Å². The number of nitrogens with one attached hydrogen (secondary N) is 1.